The molecule has 0 aromatic heterocycles. The lowest BCUT2D eigenvalue weighted by atomic mass is 10.2. The summed E-state index contributed by atoms with van der Waals surface area (Å²) in [5.41, 5.74) is 0. The molecule has 1 rings (SSSR count). The number of sulfonamides is 1. The smallest absolute Gasteiger partial charge is 0.321 e. The van der Waals surface area contributed by atoms with E-state index in [0.29, 0.717) is 6.42 Å². The van der Waals surface area contributed by atoms with Gasteiger partial charge in [0, 0.05) is 0 Å². The molecule has 0 saturated carbocycles. The molecule has 18 heavy (non-hydrogen) atoms. The molecular formula is C9H17NO6S2. The van der Waals surface area contributed by atoms with Gasteiger partial charge < -0.3 is 5.11 Å². The molecule has 2 atom stereocenters. The molecule has 0 aliphatic carbocycles. The molecule has 1 fully saturated rings. The second-order valence-corrected chi connectivity index (χ2v) is 8.59. The lowest BCUT2D eigenvalue weighted by Gasteiger charge is -2.16. The Hall–Kier alpha value is -0.670. The van der Waals surface area contributed by atoms with Crippen molar-refractivity contribution in [3.05, 3.63) is 0 Å². The molecule has 1 aliphatic heterocycles. The first-order valence-electron chi connectivity index (χ1n) is 5.62. The second kappa shape index (κ2) is 5.54. The van der Waals surface area contributed by atoms with Gasteiger partial charge in [-0.15, -0.1) is 0 Å². The summed E-state index contributed by atoms with van der Waals surface area (Å²) in [6.07, 6.45) is 0.715. The van der Waals surface area contributed by atoms with Crippen molar-refractivity contribution in [3.63, 3.8) is 0 Å². The number of rotatable bonds is 6. The minimum Gasteiger partial charge on any atom is -0.480 e. The number of aliphatic carboxylic acids is 1. The van der Waals surface area contributed by atoms with Crippen LogP contribution in [0.25, 0.3) is 0 Å². The number of sulfone groups is 1. The van der Waals surface area contributed by atoms with Crippen molar-refractivity contribution in [2.75, 3.05) is 11.5 Å². The fourth-order valence-corrected chi connectivity index (χ4v) is 6.09. The van der Waals surface area contributed by atoms with Crippen molar-refractivity contribution in [2.24, 2.45) is 0 Å². The Kier molecular flexibility index (Phi) is 4.73. The Morgan fingerprint density at radius 1 is 1.50 bits per heavy atom. The average Bonchev–Trinajstić information content (AvgIpc) is 2.58. The van der Waals surface area contributed by atoms with Crippen LogP contribution in [-0.4, -0.2) is 50.7 Å². The van der Waals surface area contributed by atoms with E-state index in [4.69, 9.17) is 5.11 Å². The number of carboxylic acids is 1. The summed E-state index contributed by atoms with van der Waals surface area (Å²) < 4.78 is 48.3. The molecule has 2 N–H and O–H groups in total. The van der Waals surface area contributed by atoms with Crippen molar-refractivity contribution in [1.29, 1.82) is 0 Å². The summed E-state index contributed by atoms with van der Waals surface area (Å²) in [5.74, 6) is -1.84. The zero-order valence-electron chi connectivity index (χ0n) is 10.00. The maximum Gasteiger partial charge on any atom is 0.321 e. The molecule has 0 bridgehead atoms. The summed E-state index contributed by atoms with van der Waals surface area (Å²) in [6.45, 7) is 1.74. The van der Waals surface area contributed by atoms with Crippen molar-refractivity contribution >= 4 is 25.8 Å². The molecule has 1 heterocycles. The van der Waals surface area contributed by atoms with Crippen molar-refractivity contribution < 1.29 is 26.7 Å². The van der Waals surface area contributed by atoms with Crippen LogP contribution in [-0.2, 0) is 24.7 Å². The van der Waals surface area contributed by atoms with Crippen LogP contribution in [0.1, 0.15) is 26.2 Å². The van der Waals surface area contributed by atoms with Gasteiger partial charge in [-0.2, -0.15) is 0 Å². The molecule has 106 valence electrons. The van der Waals surface area contributed by atoms with Gasteiger partial charge in [0.25, 0.3) is 0 Å². The molecule has 2 unspecified atom stereocenters. The van der Waals surface area contributed by atoms with Gasteiger partial charge in [-0.3, -0.25) is 4.79 Å². The highest BCUT2D eigenvalue weighted by Crippen LogP contribution is 2.18. The van der Waals surface area contributed by atoms with E-state index < -0.39 is 42.9 Å². The molecule has 0 aromatic rings. The first kappa shape index (κ1) is 15.4. The third kappa shape index (κ3) is 3.92. The van der Waals surface area contributed by atoms with Crippen LogP contribution >= 0.6 is 0 Å². The molecule has 9 heteroatoms. The first-order chi connectivity index (χ1) is 8.18. The van der Waals surface area contributed by atoms with E-state index in [-0.39, 0.29) is 18.6 Å². The number of hydrogen-bond donors (Lipinski definition) is 2. The van der Waals surface area contributed by atoms with E-state index in [9.17, 15) is 21.6 Å². The van der Waals surface area contributed by atoms with Crippen molar-refractivity contribution in [3.8, 4) is 0 Å². The van der Waals surface area contributed by atoms with Crippen LogP contribution < -0.4 is 4.72 Å². The van der Waals surface area contributed by atoms with Gasteiger partial charge in [0.05, 0.1) is 16.8 Å². The SMILES string of the molecule is CCCC(NS(=O)(=O)C1CCS(=O)(=O)C1)C(=O)O. The van der Waals surface area contributed by atoms with Gasteiger partial charge in [0.2, 0.25) is 10.0 Å². The van der Waals surface area contributed by atoms with Gasteiger partial charge in [-0.05, 0) is 12.8 Å². The van der Waals surface area contributed by atoms with Crippen LogP contribution in [0.4, 0.5) is 0 Å². The van der Waals surface area contributed by atoms with Crippen LogP contribution in [0.5, 0.6) is 0 Å². The Labute approximate surface area is 107 Å². The topological polar surface area (TPSA) is 118 Å². The fourth-order valence-electron chi connectivity index (χ4n) is 1.82. The standard InChI is InChI=1S/C9H17NO6S2/c1-2-3-8(9(11)12)10-18(15,16)7-4-5-17(13,14)6-7/h7-8,10H,2-6H2,1H3,(H,11,12). The number of hydrogen-bond acceptors (Lipinski definition) is 5. The highest BCUT2D eigenvalue weighted by molar-refractivity contribution is 7.95. The Balaban J connectivity index is 2.78. The zero-order valence-corrected chi connectivity index (χ0v) is 11.6. The van der Waals surface area contributed by atoms with Gasteiger partial charge >= 0.3 is 5.97 Å². The summed E-state index contributed by atoms with van der Waals surface area (Å²) in [5, 5.41) is 7.83. The molecule has 0 spiro atoms. The zero-order chi connectivity index (χ0) is 14.0. The third-order valence-corrected chi connectivity index (χ3v) is 6.68. The molecule has 7 nitrogen and oxygen atoms in total. The molecule has 0 aromatic carbocycles. The number of carboxylic acid groups (broad SMARTS) is 1. The summed E-state index contributed by atoms with van der Waals surface area (Å²) >= 11 is 0. The predicted molar refractivity (Wildman–Crippen MR) is 65.4 cm³/mol. The van der Waals surface area contributed by atoms with Gasteiger partial charge in [-0.1, -0.05) is 13.3 Å². The maximum absolute atomic E-state index is 11.9. The van der Waals surface area contributed by atoms with E-state index in [1.54, 1.807) is 6.92 Å². The van der Waals surface area contributed by atoms with E-state index >= 15 is 0 Å². The van der Waals surface area contributed by atoms with Gasteiger partial charge in [-0.25, -0.2) is 21.6 Å². The average molecular weight is 299 g/mol. The lowest BCUT2D eigenvalue weighted by molar-refractivity contribution is -0.139. The fraction of sp³-hybridized carbons (Fsp3) is 0.889. The molecular weight excluding hydrogens is 282 g/mol. The Morgan fingerprint density at radius 3 is 2.50 bits per heavy atom. The highest BCUT2D eigenvalue weighted by atomic mass is 32.2. The van der Waals surface area contributed by atoms with E-state index in [1.807, 2.05) is 0 Å². The minimum absolute atomic E-state index is 0.0239. The van der Waals surface area contributed by atoms with Crippen LogP contribution in [0.15, 0.2) is 0 Å². The van der Waals surface area contributed by atoms with Crippen molar-refractivity contribution in [1.82, 2.24) is 4.72 Å². The van der Waals surface area contributed by atoms with Crippen LogP contribution in [0, 0.1) is 0 Å². The quantitative estimate of drug-likeness (QED) is 0.672. The molecule has 1 aliphatic rings. The van der Waals surface area contributed by atoms with E-state index in [2.05, 4.69) is 4.72 Å². The normalized spacial score (nSPS) is 24.8. The lowest BCUT2D eigenvalue weighted by Crippen LogP contribution is -2.45. The predicted octanol–water partition coefficient (Wildman–Crippen LogP) is -0.654. The highest BCUT2D eigenvalue weighted by Gasteiger charge is 2.38. The monoisotopic (exact) mass is 299 g/mol. The first-order valence-corrected chi connectivity index (χ1v) is 8.99. The Morgan fingerprint density at radius 2 is 2.11 bits per heavy atom. The van der Waals surface area contributed by atoms with Crippen LogP contribution in [0.2, 0.25) is 0 Å². The van der Waals surface area contributed by atoms with E-state index in [0.717, 1.165) is 0 Å². The largest absolute Gasteiger partial charge is 0.480 e. The van der Waals surface area contributed by atoms with Crippen molar-refractivity contribution in [2.45, 2.75) is 37.5 Å². The minimum atomic E-state index is -3.91. The Bertz CT molecular complexity index is 509. The third-order valence-electron chi connectivity index (χ3n) is 2.81. The molecule has 1 saturated heterocycles. The number of carbonyl (C=O) groups is 1. The number of nitrogens with one attached hydrogen (secondary N) is 1. The van der Waals surface area contributed by atoms with E-state index in [1.165, 1.54) is 0 Å². The molecule has 0 amide bonds. The maximum atomic E-state index is 11.9. The summed E-state index contributed by atoms with van der Waals surface area (Å²) in [7, 11) is -7.22. The summed E-state index contributed by atoms with van der Waals surface area (Å²) in [6, 6.07) is -1.19. The summed E-state index contributed by atoms with van der Waals surface area (Å²) in [4.78, 5) is 10.9. The van der Waals surface area contributed by atoms with Gasteiger partial charge in [0.15, 0.2) is 9.84 Å². The van der Waals surface area contributed by atoms with Gasteiger partial charge in [0.1, 0.15) is 6.04 Å². The van der Waals surface area contributed by atoms with Crippen LogP contribution in [0.3, 0.4) is 0 Å². The second-order valence-electron chi connectivity index (χ2n) is 4.37. The molecule has 0 radical (unpaired) electrons.